The Labute approximate surface area is 129 Å². The highest BCUT2D eigenvalue weighted by Gasteiger charge is 2.15. The number of carbonyl (C=O) groups is 1. The number of esters is 1. The second-order valence-electron chi connectivity index (χ2n) is 5.65. The maximum Gasteiger partial charge on any atom is 0.308 e. The second-order valence-corrected chi connectivity index (χ2v) is 6.21. The normalized spacial score (nSPS) is 11.4. The molecule has 1 aromatic rings. The fourth-order valence-corrected chi connectivity index (χ4v) is 2.06. The SMILES string of the molecule is CC(C)(C)OC(=O)CCOCCc1cccc(CBr)c1. The summed E-state index contributed by atoms with van der Waals surface area (Å²) in [5.74, 6) is -0.209. The van der Waals surface area contributed by atoms with E-state index in [9.17, 15) is 4.79 Å². The smallest absolute Gasteiger partial charge is 0.308 e. The highest BCUT2D eigenvalue weighted by molar-refractivity contribution is 9.08. The summed E-state index contributed by atoms with van der Waals surface area (Å²) in [5, 5.41) is 0.861. The largest absolute Gasteiger partial charge is 0.460 e. The highest BCUT2D eigenvalue weighted by atomic mass is 79.9. The van der Waals surface area contributed by atoms with Crippen molar-refractivity contribution < 1.29 is 14.3 Å². The van der Waals surface area contributed by atoms with Crippen molar-refractivity contribution in [1.29, 1.82) is 0 Å². The third-order valence-corrected chi connectivity index (χ3v) is 3.20. The van der Waals surface area contributed by atoms with Gasteiger partial charge in [-0.05, 0) is 38.3 Å². The van der Waals surface area contributed by atoms with Gasteiger partial charge in [-0.25, -0.2) is 0 Å². The number of hydrogen-bond donors (Lipinski definition) is 0. The van der Waals surface area contributed by atoms with Crippen molar-refractivity contribution in [2.45, 2.75) is 44.5 Å². The van der Waals surface area contributed by atoms with E-state index in [1.54, 1.807) is 0 Å². The van der Waals surface area contributed by atoms with E-state index in [2.05, 4.69) is 34.1 Å². The van der Waals surface area contributed by atoms with Crippen LogP contribution in [0, 0.1) is 0 Å². The molecule has 0 fully saturated rings. The molecule has 0 amide bonds. The summed E-state index contributed by atoms with van der Waals surface area (Å²) >= 11 is 3.44. The molecule has 112 valence electrons. The summed E-state index contributed by atoms with van der Waals surface area (Å²) in [5.41, 5.74) is 2.09. The second kappa shape index (κ2) is 8.42. The number of rotatable bonds is 7. The lowest BCUT2D eigenvalue weighted by atomic mass is 10.1. The van der Waals surface area contributed by atoms with Crippen LogP contribution in [0.4, 0.5) is 0 Å². The Hall–Kier alpha value is -0.870. The molecule has 4 heteroatoms. The molecule has 0 radical (unpaired) electrons. The molecule has 0 saturated heterocycles. The summed E-state index contributed by atoms with van der Waals surface area (Å²) in [7, 11) is 0. The van der Waals surface area contributed by atoms with Gasteiger partial charge in [-0.2, -0.15) is 0 Å². The van der Waals surface area contributed by atoms with Gasteiger partial charge in [0.25, 0.3) is 0 Å². The molecule has 1 rings (SSSR count). The molecule has 0 unspecified atom stereocenters. The molecule has 0 aromatic heterocycles. The van der Waals surface area contributed by atoms with E-state index in [0.717, 1.165) is 11.8 Å². The minimum atomic E-state index is -0.423. The number of benzene rings is 1. The molecule has 0 N–H and O–H groups in total. The van der Waals surface area contributed by atoms with Gasteiger partial charge in [-0.3, -0.25) is 4.79 Å². The molecule has 0 bridgehead atoms. The minimum absolute atomic E-state index is 0.209. The Balaban J connectivity index is 2.17. The van der Waals surface area contributed by atoms with Gasteiger partial charge in [-0.1, -0.05) is 40.2 Å². The zero-order valence-electron chi connectivity index (χ0n) is 12.4. The van der Waals surface area contributed by atoms with Gasteiger partial charge >= 0.3 is 5.97 Å². The van der Waals surface area contributed by atoms with Crippen LogP contribution in [0.3, 0.4) is 0 Å². The van der Waals surface area contributed by atoms with Crippen molar-refractivity contribution >= 4 is 21.9 Å². The third-order valence-electron chi connectivity index (χ3n) is 2.55. The van der Waals surface area contributed by atoms with E-state index >= 15 is 0 Å². The summed E-state index contributed by atoms with van der Waals surface area (Å²) in [6.45, 7) is 6.62. The van der Waals surface area contributed by atoms with Gasteiger partial charge in [0.1, 0.15) is 5.60 Å². The number of ether oxygens (including phenoxy) is 2. The highest BCUT2D eigenvalue weighted by Crippen LogP contribution is 2.10. The van der Waals surface area contributed by atoms with Crippen LogP contribution < -0.4 is 0 Å². The number of carbonyl (C=O) groups excluding carboxylic acids is 1. The van der Waals surface area contributed by atoms with Crippen LogP contribution in [-0.2, 0) is 26.0 Å². The van der Waals surface area contributed by atoms with Crippen molar-refractivity contribution in [2.24, 2.45) is 0 Å². The predicted octanol–water partition coefficient (Wildman–Crippen LogP) is 3.87. The van der Waals surface area contributed by atoms with Crippen LogP contribution in [0.5, 0.6) is 0 Å². The molecule has 0 atom stereocenters. The lowest BCUT2D eigenvalue weighted by Crippen LogP contribution is -2.24. The topological polar surface area (TPSA) is 35.5 Å². The first-order chi connectivity index (χ1) is 9.40. The van der Waals surface area contributed by atoms with Crippen molar-refractivity contribution in [3.8, 4) is 0 Å². The molecule has 20 heavy (non-hydrogen) atoms. The fourth-order valence-electron chi connectivity index (χ4n) is 1.71. The van der Waals surface area contributed by atoms with E-state index in [-0.39, 0.29) is 5.97 Å². The minimum Gasteiger partial charge on any atom is -0.460 e. The van der Waals surface area contributed by atoms with E-state index in [0.29, 0.717) is 19.6 Å². The third kappa shape index (κ3) is 7.65. The fraction of sp³-hybridized carbons (Fsp3) is 0.562. The van der Waals surface area contributed by atoms with Crippen molar-refractivity contribution in [3.63, 3.8) is 0 Å². The Morgan fingerprint density at radius 1 is 1.20 bits per heavy atom. The summed E-state index contributed by atoms with van der Waals surface area (Å²) in [4.78, 5) is 11.5. The molecule has 0 heterocycles. The molecule has 0 spiro atoms. The molecule has 1 aromatic carbocycles. The van der Waals surface area contributed by atoms with Crippen molar-refractivity contribution in [3.05, 3.63) is 35.4 Å². The Bertz CT molecular complexity index is 424. The molecule has 0 aliphatic carbocycles. The first kappa shape index (κ1) is 17.2. The molecule has 0 aliphatic rings. The Kier molecular flexibility index (Phi) is 7.24. The predicted molar refractivity (Wildman–Crippen MR) is 84.1 cm³/mol. The van der Waals surface area contributed by atoms with Gasteiger partial charge in [-0.15, -0.1) is 0 Å². The van der Waals surface area contributed by atoms with Crippen LogP contribution in [-0.4, -0.2) is 24.8 Å². The first-order valence-corrected chi connectivity index (χ1v) is 7.96. The summed E-state index contributed by atoms with van der Waals surface area (Å²) in [6, 6.07) is 8.38. The Morgan fingerprint density at radius 3 is 2.55 bits per heavy atom. The van der Waals surface area contributed by atoms with E-state index in [1.165, 1.54) is 11.1 Å². The van der Waals surface area contributed by atoms with E-state index in [4.69, 9.17) is 9.47 Å². The number of hydrogen-bond acceptors (Lipinski definition) is 3. The van der Waals surface area contributed by atoms with Gasteiger partial charge in [0.05, 0.1) is 19.6 Å². The maximum atomic E-state index is 11.5. The van der Waals surface area contributed by atoms with Crippen LogP contribution in [0.1, 0.15) is 38.3 Å². The van der Waals surface area contributed by atoms with Gasteiger partial charge in [0.2, 0.25) is 0 Å². The van der Waals surface area contributed by atoms with Crippen LogP contribution >= 0.6 is 15.9 Å². The standard InChI is InChI=1S/C16H23BrO3/c1-16(2,3)20-15(18)8-10-19-9-7-13-5-4-6-14(11-13)12-17/h4-6,11H,7-10,12H2,1-3H3. The molecule has 0 aliphatic heterocycles. The number of alkyl halides is 1. The van der Waals surface area contributed by atoms with Crippen LogP contribution in [0.2, 0.25) is 0 Å². The molecule has 3 nitrogen and oxygen atoms in total. The maximum absolute atomic E-state index is 11.5. The molecular formula is C16H23BrO3. The molecule has 0 saturated carbocycles. The number of halogens is 1. The monoisotopic (exact) mass is 342 g/mol. The lowest BCUT2D eigenvalue weighted by molar-refractivity contribution is -0.156. The average Bonchev–Trinajstić information content (AvgIpc) is 2.36. The summed E-state index contributed by atoms with van der Waals surface area (Å²) < 4.78 is 10.7. The van der Waals surface area contributed by atoms with Crippen LogP contribution in [0.25, 0.3) is 0 Å². The first-order valence-electron chi connectivity index (χ1n) is 6.84. The van der Waals surface area contributed by atoms with Gasteiger partial charge < -0.3 is 9.47 Å². The van der Waals surface area contributed by atoms with Crippen molar-refractivity contribution in [2.75, 3.05) is 13.2 Å². The molecular weight excluding hydrogens is 320 g/mol. The van der Waals surface area contributed by atoms with Crippen LogP contribution in [0.15, 0.2) is 24.3 Å². The zero-order valence-corrected chi connectivity index (χ0v) is 14.0. The van der Waals surface area contributed by atoms with Gasteiger partial charge in [0, 0.05) is 5.33 Å². The Morgan fingerprint density at radius 2 is 1.90 bits per heavy atom. The zero-order chi connectivity index (χ0) is 15.0. The van der Waals surface area contributed by atoms with E-state index < -0.39 is 5.60 Å². The van der Waals surface area contributed by atoms with E-state index in [1.807, 2.05) is 26.8 Å². The average molecular weight is 343 g/mol. The van der Waals surface area contributed by atoms with Crippen molar-refractivity contribution in [1.82, 2.24) is 0 Å². The quantitative estimate of drug-likeness (QED) is 0.428. The van der Waals surface area contributed by atoms with Gasteiger partial charge in [0.15, 0.2) is 0 Å². The lowest BCUT2D eigenvalue weighted by Gasteiger charge is -2.19. The summed E-state index contributed by atoms with van der Waals surface area (Å²) in [6.07, 6.45) is 1.16.